The van der Waals surface area contributed by atoms with Crippen molar-refractivity contribution in [3.05, 3.63) is 77.1 Å². The van der Waals surface area contributed by atoms with Gasteiger partial charge in [0.25, 0.3) is 0 Å². The molecule has 8 nitrogen and oxygen atoms in total. The van der Waals surface area contributed by atoms with E-state index in [0.717, 1.165) is 22.6 Å². The van der Waals surface area contributed by atoms with Gasteiger partial charge in [0.1, 0.15) is 5.75 Å². The van der Waals surface area contributed by atoms with Gasteiger partial charge >= 0.3 is 12.0 Å². The van der Waals surface area contributed by atoms with Crippen LogP contribution >= 0.6 is 0 Å². The maximum absolute atomic E-state index is 12.0. The molecule has 0 bridgehead atoms. The number of amides is 2. The number of anilines is 1. The molecule has 0 fully saturated rings. The molecule has 0 radical (unpaired) electrons. The van der Waals surface area contributed by atoms with Gasteiger partial charge in [-0.25, -0.2) is 15.0 Å². The summed E-state index contributed by atoms with van der Waals surface area (Å²) in [7, 11) is 1.58. The standard InChI is InChI=1S/C22H22N4O4/c1-14-12-17(15(2)26(14)19-8-4-16(5-9-19)21(27)28)13-23-25-22(29)24-18-6-10-20(30-3)11-7-18/h4-13H,1-3H3,(H,27,28)(H2,24,25,29)/b23-13-. The van der Waals surface area contributed by atoms with Gasteiger partial charge in [0.15, 0.2) is 0 Å². The molecule has 2 aromatic carbocycles. The summed E-state index contributed by atoms with van der Waals surface area (Å²) in [5.74, 6) is -0.263. The molecule has 2 amide bonds. The molecule has 0 saturated carbocycles. The first-order chi connectivity index (χ1) is 14.4. The van der Waals surface area contributed by atoms with E-state index in [9.17, 15) is 9.59 Å². The lowest BCUT2D eigenvalue weighted by molar-refractivity contribution is 0.0697. The number of nitrogens with one attached hydrogen (secondary N) is 2. The molecule has 0 unspecified atom stereocenters. The Kier molecular flexibility index (Phi) is 6.17. The number of nitrogens with zero attached hydrogens (tertiary/aromatic N) is 2. The molecule has 0 saturated heterocycles. The molecule has 0 aliphatic carbocycles. The van der Waals surface area contributed by atoms with E-state index in [2.05, 4.69) is 15.8 Å². The lowest BCUT2D eigenvalue weighted by atomic mass is 10.2. The van der Waals surface area contributed by atoms with Crippen LogP contribution in [0, 0.1) is 13.8 Å². The van der Waals surface area contributed by atoms with Crippen molar-refractivity contribution in [3.8, 4) is 11.4 Å². The Labute approximate surface area is 173 Å². The third kappa shape index (κ3) is 4.67. The summed E-state index contributed by atoms with van der Waals surface area (Å²) >= 11 is 0. The second kappa shape index (κ2) is 8.95. The van der Waals surface area contributed by atoms with Gasteiger partial charge in [0.2, 0.25) is 0 Å². The maximum Gasteiger partial charge on any atom is 0.339 e. The van der Waals surface area contributed by atoms with Crippen LogP contribution in [0.4, 0.5) is 10.5 Å². The highest BCUT2D eigenvalue weighted by Gasteiger charge is 2.10. The number of rotatable bonds is 6. The minimum Gasteiger partial charge on any atom is -0.497 e. The Balaban J connectivity index is 1.67. The third-order valence-corrected chi connectivity index (χ3v) is 4.56. The van der Waals surface area contributed by atoms with Crippen molar-refractivity contribution in [2.75, 3.05) is 12.4 Å². The van der Waals surface area contributed by atoms with Crippen LogP contribution in [0.3, 0.4) is 0 Å². The molecule has 30 heavy (non-hydrogen) atoms. The molecule has 0 atom stereocenters. The number of hydrogen-bond acceptors (Lipinski definition) is 4. The van der Waals surface area contributed by atoms with Crippen molar-refractivity contribution < 1.29 is 19.4 Å². The zero-order valence-corrected chi connectivity index (χ0v) is 16.8. The number of benzene rings is 2. The first-order valence-electron chi connectivity index (χ1n) is 9.16. The second-order valence-corrected chi connectivity index (χ2v) is 6.57. The van der Waals surface area contributed by atoms with Crippen LogP contribution in [0.2, 0.25) is 0 Å². The van der Waals surface area contributed by atoms with Crippen LogP contribution in [-0.4, -0.2) is 35.0 Å². The molecule has 3 rings (SSSR count). The van der Waals surface area contributed by atoms with Crippen molar-refractivity contribution in [2.24, 2.45) is 5.10 Å². The number of hydrogen-bond donors (Lipinski definition) is 3. The fraction of sp³-hybridized carbons (Fsp3) is 0.136. The summed E-state index contributed by atoms with van der Waals surface area (Å²) in [6.07, 6.45) is 1.57. The average molecular weight is 406 g/mol. The molecule has 0 aliphatic heterocycles. The van der Waals surface area contributed by atoms with Gasteiger partial charge in [-0.05, 0) is 68.4 Å². The van der Waals surface area contributed by atoms with Crippen LogP contribution in [0.5, 0.6) is 5.75 Å². The number of carboxylic acids is 1. The van der Waals surface area contributed by atoms with E-state index in [1.165, 1.54) is 0 Å². The number of aromatic nitrogens is 1. The summed E-state index contributed by atoms with van der Waals surface area (Å²) in [5, 5.41) is 15.7. The summed E-state index contributed by atoms with van der Waals surface area (Å²) in [4.78, 5) is 23.0. The van der Waals surface area contributed by atoms with E-state index in [-0.39, 0.29) is 5.56 Å². The van der Waals surface area contributed by atoms with Crippen LogP contribution in [-0.2, 0) is 0 Å². The van der Waals surface area contributed by atoms with Crippen molar-refractivity contribution in [2.45, 2.75) is 13.8 Å². The van der Waals surface area contributed by atoms with Crippen molar-refractivity contribution in [1.29, 1.82) is 0 Å². The quantitative estimate of drug-likeness (QED) is 0.426. The van der Waals surface area contributed by atoms with Gasteiger partial charge in [0.05, 0.1) is 18.9 Å². The van der Waals surface area contributed by atoms with Crippen molar-refractivity contribution >= 4 is 23.9 Å². The number of carbonyl (C=O) groups excluding carboxylic acids is 1. The molecule has 154 valence electrons. The minimum atomic E-state index is -0.964. The molecule has 3 N–H and O–H groups in total. The Morgan fingerprint density at radius 1 is 1.07 bits per heavy atom. The molecule has 8 heteroatoms. The maximum atomic E-state index is 12.0. The lowest BCUT2D eigenvalue weighted by Gasteiger charge is -2.10. The summed E-state index contributed by atoms with van der Waals surface area (Å²) in [6.45, 7) is 3.87. The van der Waals surface area contributed by atoms with Crippen LogP contribution in [0.15, 0.2) is 59.7 Å². The summed E-state index contributed by atoms with van der Waals surface area (Å²) in [6, 6.07) is 15.1. The lowest BCUT2D eigenvalue weighted by Crippen LogP contribution is -2.24. The monoisotopic (exact) mass is 406 g/mol. The highest BCUT2D eigenvalue weighted by Crippen LogP contribution is 2.20. The summed E-state index contributed by atoms with van der Waals surface area (Å²) in [5.41, 5.74) is 6.84. The van der Waals surface area contributed by atoms with Crippen molar-refractivity contribution in [3.63, 3.8) is 0 Å². The number of carboxylic acid groups (broad SMARTS) is 1. The number of hydrazone groups is 1. The van der Waals surface area contributed by atoms with Crippen LogP contribution in [0.25, 0.3) is 5.69 Å². The number of aryl methyl sites for hydroxylation is 1. The minimum absolute atomic E-state index is 0.232. The highest BCUT2D eigenvalue weighted by molar-refractivity contribution is 5.91. The van der Waals surface area contributed by atoms with Crippen LogP contribution < -0.4 is 15.5 Å². The summed E-state index contributed by atoms with van der Waals surface area (Å²) < 4.78 is 7.07. The Morgan fingerprint density at radius 3 is 2.33 bits per heavy atom. The number of ether oxygens (including phenoxy) is 1. The van der Waals surface area contributed by atoms with E-state index in [4.69, 9.17) is 9.84 Å². The van der Waals surface area contributed by atoms with E-state index in [1.807, 2.05) is 24.5 Å². The van der Waals surface area contributed by atoms with Gasteiger partial charge < -0.3 is 19.7 Å². The van der Waals surface area contributed by atoms with Crippen LogP contribution in [0.1, 0.15) is 27.3 Å². The van der Waals surface area contributed by atoms with E-state index in [0.29, 0.717) is 11.4 Å². The molecular weight excluding hydrogens is 384 g/mol. The van der Waals surface area contributed by atoms with E-state index < -0.39 is 12.0 Å². The number of aromatic carboxylic acids is 1. The van der Waals surface area contributed by atoms with Gasteiger partial charge in [-0.15, -0.1) is 0 Å². The van der Waals surface area contributed by atoms with Gasteiger partial charge in [-0.3, -0.25) is 0 Å². The van der Waals surface area contributed by atoms with E-state index >= 15 is 0 Å². The Morgan fingerprint density at radius 2 is 1.73 bits per heavy atom. The topological polar surface area (TPSA) is 105 Å². The normalized spacial score (nSPS) is 10.8. The molecule has 3 aromatic rings. The number of carbonyl (C=O) groups is 2. The number of methoxy groups -OCH3 is 1. The third-order valence-electron chi connectivity index (χ3n) is 4.56. The Hall–Kier alpha value is -4.07. The van der Waals surface area contributed by atoms with Crippen molar-refractivity contribution in [1.82, 2.24) is 9.99 Å². The highest BCUT2D eigenvalue weighted by atomic mass is 16.5. The fourth-order valence-electron chi connectivity index (χ4n) is 3.06. The predicted molar refractivity (Wildman–Crippen MR) is 115 cm³/mol. The van der Waals surface area contributed by atoms with Gasteiger partial charge in [-0.2, -0.15) is 5.10 Å². The Bertz CT molecular complexity index is 1080. The van der Waals surface area contributed by atoms with E-state index in [1.54, 1.807) is 61.9 Å². The smallest absolute Gasteiger partial charge is 0.339 e. The zero-order valence-electron chi connectivity index (χ0n) is 16.8. The first kappa shape index (κ1) is 20.7. The zero-order chi connectivity index (χ0) is 21.7. The molecule has 0 aliphatic rings. The molecule has 0 spiro atoms. The SMILES string of the molecule is COc1ccc(NC(=O)N/N=C\c2cc(C)n(-c3ccc(C(=O)O)cc3)c2C)cc1. The molecule has 1 aromatic heterocycles. The second-order valence-electron chi connectivity index (χ2n) is 6.57. The fourth-order valence-corrected chi connectivity index (χ4v) is 3.06. The molecule has 1 heterocycles. The molecular formula is C22H22N4O4. The number of urea groups is 1. The first-order valence-corrected chi connectivity index (χ1v) is 9.16. The predicted octanol–water partition coefficient (Wildman–Crippen LogP) is 3.96. The average Bonchev–Trinajstić information content (AvgIpc) is 3.02. The van der Waals surface area contributed by atoms with Gasteiger partial charge in [0, 0.05) is 28.3 Å². The van der Waals surface area contributed by atoms with Gasteiger partial charge in [-0.1, -0.05) is 0 Å². The largest absolute Gasteiger partial charge is 0.497 e.